The van der Waals surface area contributed by atoms with Crippen LogP contribution < -0.4 is 9.46 Å². The van der Waals surface area contributed by atoms with Gasteiger partial charge >= 0.3 is 0 Å². The quantitative estimate of drug-likeness (QED) is 0.323. The van der Waals surface area contributed by atoms with Gasteiger partial charge in [0.2, 0.25) is 21.9 Å². The summed E-state index contributed by atoms with van der Waals surface area (Å²) in [5.74, 6) is 0.836. The van der Waals surface area contributed by atoms with Gasteiger partial charge in [0.1, 0.15) is 18.0 Å². The number of nitriles is 1. The molecule has 0 saturated heterocycles. The Labute approximate surface area is 236 Å². The van der Waals surface area contributed by atoms with Crippen molar-refractivity contribution in [3.8, 4) is 23.3 Å². The molecular formula is C26H25ClN8O4S. The standard InChI is InChI=1S/C26H25ClN8O4S/c1-15(2)39-22(23-30-12-19(27)13-31-23)16(3)40(36,37)34-26-33-32-24-20-8-5-9-29-25(20)38-14-21(35(24)26)18-7-4-6-17(10-18)11-28/h4-10,12-13,15-16,21-22H,14H2,1-3H3,(H,33,34)/t16-,21+,22+/m0/s1. The Kier molecular flexibility index (Phi) is 7.66. The van der Waals surface area contributed by atoms with E-state index in [0.29, 0.717) is 33.4 Å². The Balaban J connectivity index is 1.57. The number of sulfonamides is 1. The van der Waals surface area contributed by atoms with Gasteiger partial charge in [-0.25, -0.2) is 23.4 Å². The van der Waals surface area contributed by atoms with E-state index in [2.05, 4.69) is 35.9 Å². The molecule has 1 aromatic carbocycles. The molecule has 5 rings (SSSR count). The Morgan fingerprint density at radius 1 is 1.15 bits per heavy atom. The molecule has 4 heterocycles. The fourth-order valence-corrected chi connectivity index (χ4v) is 5.52. The SMILES string of the molecule is CC(C)O[C@@H](c1ncc(Cl)cn1)[C@H](C)S(=O)(=O)Nc1nnc2n1[C@@H](c1cccc(C#N)c1)COc1ncccc1-2. The van der Waals surface area contributed by atoms with Crippen molar-refractivity contribution in [2.24, 2.45) is 0 Å². The van der Waals surface area contributed by atoms with Crippen molar-refractivity contribution >= 4 is 27.6 Å². The van der Waals surface area contributed by atoms with E-state index < -0.39 is 27.4 Å². The molecule has 3 atom stereocenters. The number of anilines is 1. The summed E-state index contributed by atoms with van der Waals surface area (Å²) < 4.78 is 43.8. The van der Waals surface area contributed by atoms with Crippen molar-refractivity contribution < 1.29 is 17.9 Å². The van der Waals surface area contributed by atoms with E-state index in [1.165, 1.54) is 19.3 Å². The van der Waals surface area contributed by atoms with Gasteiger partial charge in [0.05, 0.1) is 34.4 Å². The van der Waals surface area contributed by atoms with E-state index in [1.807, 2.05) is 6.07 Å². The molecule has 0 amide bonds. The molecule has 1 N–H and O–H groups in total. The number of ether oxygens (including phenoxy) is 2. The van der Waals surface area contributed by atoms with Crippen LogP contribution in [-0.2, 0) is 14.8 Å². The van der Waals surface area contributed by atoms with E-state index in [0.717, 1.165) is 0 Å². The molecule has 12 nitrogen and oxygen atoms in total. The lowest BCUT2D eigenvalue weighted by Crippen LogP contribution is -2.35. The van der Waals surface area contributed by atoms with Crippen LogP contribution in [0.4, 0.5) is 5.95 Å². The summed E-state index contributed by atoms with van der Waals surface area (Å²) in [5, 5.41) is 17.2. The van der Waals surface area contributed by atoms with E-state index in [-0.39, 0.29) is 24.5 Å². The smallest absolute Gasteiger partial charge is 0.240 e. The van der Waals surface area contributed by atoms with Gasteiger partial charge in [0, 0.05) is 18.6 Å². The molecule has 0 aliphatic carbocycles. The summed E-state index contributed by atoms with van der Waals surface area (Å²) >= 11 is 5.94. The zero-order valence-corrected chi connectivity index (χ0v) is 23.3. The Hall–Kier alpha value is -4.12. The highest BCUT2D eigenvalue weighted by atomic mass is 35.5. The lowest BCUT2D eigenvalue weighted by Gasteiger charge is -2.26. The van der Waals surface area contributed by atoms with Gasteiger partial charge in [-0.1, -0.05) is 23.7 Å². The van der Waals surface area contributed by atoms with E-state index in [1.54, 1.807) is 54.9 Å². The van der Waals surface area contributed by atoms with Gasteiger partial charge in [-0.2, -0.15) is 5.26 Å². The first-order valence-corrected chi connectivity index (χ1v) is 14.3. The number of hydrogen-bond donors (Lipinski definition) is 1. The molecule has 4 aromatic rings. The number of aromatic nitrogens is 6. The van der Waals surface area contributed by atoms with Crippen LogP contribution in [0.25, 0.3) is 11.4 Å². The minimum Gasteiger partial charge on any atom is -0.475 e. The fraction of sp³-hybridized carbons (Fsp3) is 0.308. The fourth-order valence-electron chi connectivity index (χ4n) is 4.34. The van der Waals surface area contributed by atoms with Crippen LogP contribution in [0, 0.1) is 11.3 Å². The van der Waals surface area contributed by atoms with Crippen molar-refractivity contribution in [3.63, 3.8) is 0 Å². The lowest BCUT2D eigenvalue weighted by molar-refractivity contribution is 0.00154. The maximum atomic E-state index is 13.8. The summed E-state index contributed by atoms with van der Waals surface area (Å²) in [6.07, 6.45) is 3.05. The second kappa shape index (κ2) is 11.2. The summed E-state index contributed by atoms with van der Waals surface area (Å²) in [5.41, 5.74) is 1.69. The molecule has 3 aromatic heterocycles. The van der Waals surface area contributed by atoms with E-state index in [4.69, 9.17) is 21.1 Å². The third kappa shape index (κ3) is 5.46. The highest BCUT2D eigenvalue weighted by Gasteiger charge is 2.37. The van der Waals surface area contributed by atoms with Gasteiger partial charge in [0.25, 0.3) is 0 Å². The molecule has 1 aliphatic rings. The average molecular weight is 581 g/mol. The lowest BCUT2D eigenvalue weighted by atomic mass is 10.0. The second-order valence-corrected chi connectivity index (χ2v) is 11.8. The Morgan fingerprint density at radius 3 is 2.65 bits per heavy atom. The highest BCUT2D eigenvalue weighted by molar-refractivity contribution is 7.93. The molecule has 1 aliphatic heterocycles. The summed E-state index contributed by atoms with van der Waals surface area (Å²) in [4.78, 5) is 12.7. The van der Waals surface area contributed by atoms with E-state index >= 15 is 0 Å². The molecule has 40 heavy (non-hydrogen) atoms. The molecule has 0 fully saturated rings. The number of nitrogens with one attached hydrogen (secondary N) is 1. The maximum Gasteiger partial charge on any atom is 0.240 e. The van der Waals surface area contributed by atoms with Crippen LogP contribution in [0.1, 0.15) is 49.9 Å². The van der Waals surface area contributed by atoms with Crippen LogP contribution in [0.3, 0.4) is 0 Å². The van der Waals surface area contributed by atoms with Crippen molar-refractivity contribution in [1.82, 2.24) is 29.7 Å². The monoisotopic (exact) mass is 580 g/mol. The first-order chi connectivity index (χ1) is 19.2. The van der Waals surface area contributed by atoms with Crippen LogP contribution in [-0.4, -0.2) is 56.1 Å². The van der Waals surface area contributed by atoms with E-state index in [9.17, 15) is 13.7 Å². The van der Waals surface area contributed by atoms with Gasteiger partial charge < -0.3 is 9.47 Å². The van der Waals surface area contributed by atoms with Crippen LogP contribution in [0.2, 0.25) is 5.02 Å². The maximum absolute atomic E-state index is 13.8. The topological polar surface area (TPSA) is 158 Å². The first kappa shape index (κ1) is 27.4. The summed E-state index contributed by atoms with van der Waals surface area (Å²) in [7, 11) is -4.15. The summed E-state index contributed by atoms with van der Waals surface area (Å²) in [6.45, 7) is 5.17. The minimum absolute atomic E-state index is 0.0326. The molecular weight excluding hydrogens is 556 g/mol. The predicted molar refractivity (Wildman–Crippen MR) is 146 cm³/mol. The molecule has 0 spiro atoms. The highest BCUT2D eigenvalue weighted by Crippen LogP contribution is 2.37. The molecule has 0 radical (unpaired) electrons. The Bertz CT molecular complexity index is 1670. The number of hydrogen-bond acceptors (Lipinski definition) is 10. The minimum atomic E-state index is -4.15. The molecule has 0 unspecified atom stereocenters. The zero-order valence-electron chi connectivity index (χ0n) is 21.8. The normalized spacial score (nSPS) is 16.1. The van der Waals surface area contributed by atoms with Crippen molar-refractivity contribution in [3.05, 3.63) is 77.0 Å². The number of rotatable bonds is 8. The third-order valence-electron chi connectivity index (χ3n) is 6.26. The second-order valence-electron chi connectivity index (χ2n) is 9.35. The number of pyridine rings is 1. The third-order valence-corrected chi connectivity index (χ3v) is 8.15. The van der Waals surface area contributed by atoms with Gasteiger partial charge in [0.15, 0.2) is 11.6 Å². The van der Waals surface area contributed by atoms with Crippen molar-refractivity contribution in [1.29, 1.82) is 5.26 Å². The average Bonchev–Trinajstić information content (AvgIpc) is 3.26. The van der Waals surface area contributed by atoms with Crippen molar-refractivity contribution in [2.45, 2.75) is 44.3 Å². The van der Waals surface area contributed by atoms with Crippen LogP contribution >= 0.6 is 11.6 Å². The Morgan fingerprint density at radius 2 is 1.93 bits per heavy atom. The van der Waals surface area contributed by atoms with Crippen molar-refractivity contribution in [2.75, 3.05) is 11.3 Å². The number of benzene rings is 1. The molecule has 0 bridgehead atoms. The molecule has 206 valence electrons. The first-order valence-electron chi connectivity index (χ1n) is 12.4. The summed E-state index contributed by atoms with van der Waals surface area (Å²) in [6, 6.07) is 12.0. The number of nitrogens with zero attached hydrogens (tertiary/aromatic N) is 7. The largest absolute Gasteiger partial charge is 0.475 e. The van der Waals surface area contributed by atoms with Gasteiger partial charge in [-0.3, -0.25) is 9.29 Å². The zero-order chi connectivity index (χ0) is 28.4. The van der Waals surface area contributed by atoms with Crippen LogP contribution in [0.15, 0.2) is 55.0 Å². The number of halogens is 1. The molecule has 14 heteroatoms. The number of fused-ring (bicyclic) bond motifs is 3. The van der Waals surface area contributed by atoms with Gasteiger partial charge in [-0.15, -0.1) is 10.2 Å². The molecule has 0 saturated carbocycles. The van der Waals surface area contributed by atoms with Crippen LogP contribution in [0.5, 0.6) is 5.88 Å². The van der Waals surface area contributed by atoms with Gasteiger partial charge in [-0.05, 0) is 50.6 Å². The predicted octanol–water partition coefficient (Wildman–Crippen LogP) is 3.93.